The van der Waals surface area contributed by atoms with Gasteiger partial charge in [-0.05, 0) is 36.2 Å². The van der Waals surface area contributed by atoms with Gasteiger partial charge in [0, 0.05) is 17.8 Å². The second kappa shape index (κ2) is 6.72. The number of urea groups is 1. The number of ether oxygens (including phenoxy) is 1. The van der Waals surface area contributed by atoms with Gasteiger partial charge < -0.3 is 10.1 Å². The Morgan fingerprint density at radius 1 is 1.27 bits per heavy atom. The Hall–Kier alpha value is -2.18. The zero-order valence-corrected chi connectivity index (χ0v) is 12.5. The molecular formula is C15H15ClN4O2. The lowest BCUT2D eigenvalue weighted by Gasteiger charge is -2.20. The van der Waals surface area contributed by atoms with E-state index in [1.54, 1.807) is 18.3 Å². The van der Waals surface area contributed by atoms with E-state index in [0.29, 0.717) is 17.4 Å². The Balaban J connectivity index is 1.63. The predicted octanol–water partition coefficient (Wildman–Crippen LogP) is 2.78. The average molecular weight is 319 g/mol. The van der Waals surface area contributed by atoms with E-state index in [-0.39, 0.29) is 18.2 Å². The summed E-state index contributed by atoms with van der Waals surface area (Å²) in [7, 11) is 0. The minimum Gasteiger partial charge on any atom is -0.371 e. The minimum absolute atomic E-state index is 0.0992. The normalized spacial score (nSPS) is 20.6. The number of nitrogens with one attached hydrogen (secondary N) is 2. The van der Waals surface area contributed by atoms with Gasteiger partial charge in [-0.25, -0.2) is 4.79 Å². The highest BCUT2D eigenvalue weighted by Gasteiger charge is 2.30. The van der Waals surface area contributed by atoms with Gasteiger partial charge in [0.1, 0.15) is 6.10 Å². The van der Waals surface area contributed by atoms with Crippen LogP contribution in [-0.4, -0.2) is 28.9 Å². The van der Waals surface area contributed by atoms with Crippen molar-refractivity contribution in [2.45, 2.75) is 18.6 Å². The molecule has 2 heterocycles. The van der Waals surface area contributed by atoms with Gasteiger partial charge in [0.05, 0.1) is 6.04 Å². The molecule has 22 heavy (non-hydrogen) atoms. The first-order chi connectivity index (χ1) is 10.7. The molecule has 1 aliphatic rings. The molecule has 6 nitrogen and oxygen atoms in total. The average Bonchev–Trinajstić information content (AvgIpc) is 2.97. The van der Waals surface area contributed by atoms with Crippen LogP contribution in [0, 0.1) is 0 Å². The highest BCUT2D eigenvalue weighted by atomic mass is 35.5. The first kappa shape index (κ1) is 14.7. The number of aromatic nitrogens is 2. The molecule has 1 aromatic carbocycles. The molecule has 2 aromatic rings. The number of anilines is 1. The zero-order valence-electron chi connectivity index (χ0n) is 11.7. The fourth-order valence-electron chi connectivity index (χ4n) is 2.41. The molecule has 0 radical (unpaired) electrons. The van der Waals surface area contributed by atoms with Crippen molar-refractivity contribution in [2.75, 3.05) is 11.9 Å². The molecule has 2 amide bonds. The van der Waals surface area contributed by atoms with Crippen molar-refractivity contribution >= 4 is 23.4 Å². The van der Waals surface area contributed by atoms with E-state index in [0.717, 1.165) is 12.0 Å². The molecule has 0 saturated carbocycles. The van der Waals surface area contributed by atoms with Gasteiger partial charge in [-0.1, -0.05) is 23.7 Å². The summed E-state index contributed by atoms with van der Waals surface area (Å²) >= 11 is 5.90. The Kier molecular flexibility index (Phi) is 4.50. The number of halogens is 1. The van der Waals surface area contributed by atoms with Crippen LogP contribution in [-0.2, 0) is 4.74 Å². The lowest BCUT2D eigenvalue weighted by Crippen LogP contribution is -2.39. The molecule has 0 bridgehead atoms. The fraction of sp³-hybridized carbons (Fsp3) is 0.267. The molecule has 2 atom stereocenters. The van der Waals surface area contributed by atoms with Crippen molar-refractivity contribution in [3.63, 3.8) is 0 Å². The van der Waals surface area contributed by atoms with E-state index >= 15 is 0 Å². The van der Waals surface area contributed by atoms with Crippen LogP contribution in [0.5, 0.6) is 0 Å². The van der Waals surface area contributed by atoms with Crippen molar-refractivity contribution < 1.29 is 9.53 Å². The van der Waals surface area contributed by atoms with Gasteiger partial charge in [-0.15, -0.1) is 5.10 Å². The summed E-state index contributed by atoms with van der Waals surface area (Å²) in [6.45, 7) is 0.601. The monoisotopic (exact) mass is 318 g/mol. The second-order valence-electron chi connectivity index (χ2n) is 4.95. The summed E-state index contributed by atoms with van der Waals surface area (Å²) in [4.78, 5) is 12.0. The molecule has 0 aliphatic carbocycles. The van der Waals surface area contributed by atoms with Crippen LogP contribution in [0.25, 0.3) is 0 Å². The van der Waals surface area contributed by atoms with Crippen molar-refractivity contribution in [1.82, 2.24) is 15.5 Å². The molecule has 1 saturated heterocycles. The number of rotatable bonds is 3. The molecule has 7 heteroatoms. The standard InChI is InChI=1S/C15H15ClN4O2/c16-11-5-3-10(4-6-11)14-12(7-9-22-14)18-15(21)19-13-2-1-8-17-20-13/h1-6,8,12,14H,7,9H2,(H2,18,19,20,21)/t12-,14-/m1/s1. The van der Waals surface area contributed by atoms with E-state index in [9.17, 15) is 4.79 Å². The maximum Gasteiger partial charge on any atom is 0.320 e. The fourth-order valence-corrected chi connectivity index (χ4v) is 2.53. The van der Waals surface area contributed by atoms with E-state index in [1.807, 2.05) is 24.3 Å². The van der Waals surface area contributed by atoms with Crippen molar-refractivity contribution in [3.05, 3.63) is 53.2 Å². The van der Waals surface area contributed by atoms with Gasteiger partial charge in [0.25, 0.3) is 0 Å². The number of carbonyl (C=O) groups is 1. The molecule has 0 spiro atoms. The second-order valence-corrected chi connectivity index (χ2v) is 5.38. The van der Waals surface area contributed by atoms with Gasteiger partial charge in [-0.3, -0.25) is 5.32 Å². The summed E-state index contributed by atoms with van der Waals surface area (Å²) in [6, 6.07) is 10.4. The molecule has 114 valence electrons. The zero-order chi connectivity index (χ0) is 15.4. The topological polar surface area (TPSA) is 76.1 Å². The Morgan fingerprint density at radius 3 is 2.82 bits per heavy atom. The predicted molar refractivity (Wildman–Crippen MR) is 82.7 cm³/mol. The number of benzene rings is 1. The Morgan fingerprint density at radius 2 is 2.09 bits per heavy atom. The minimum atomic E-state index is -0.324. The summed E-state index contributed by atoms with van der Waals surface area (Å²) < 4.78 is 5.73. The largest absolute Gasteiger partial charge is 0.371 e. The van der Waals surface area contributed by atoms with Crippen molar-refractivity contribution in [1.29, 1.82) is 0 Å². The lowest BCUT2D eigenvalue weighted by atomic mass is 10.0. The molecule has 1 aromatic heterocycles. The molecule has 0 unspecified atom stereocenters. The highest BCUT2D eigenvalue weighted by molar-refractivity contribution is 6.30. The summed E-state index contributed by atoms with van der Waals surface area (Å²) in [5.41, 5.74) is 0.992. The van der Waals surface area contributed by atoms with Gasteiger partial charge in [0.2, 0.25) is 0 Å². The Bertz CT molecular complexity index is 636. The van der Waals surface area contributed by atoms with Crippen molar-refractivity contribution in [2.24, 2.45) is 0 Å². The maximum atomic E-state index is 12.0. The first-order valence-electron chi connectivity index (χ1n) is 6.94. The summed E-state index contributed by atoms with van der Waals surface area (Å²) in [6.07, 6.45) is 2.12. The first-order valence-corrected chi connectivity index (χ1v) is 7.32. The summed E-state index contributed by atoms with van der Waals surface area (Å²) in [5, 5.41) is 13.8. The quantitative estimate of drug-likeness (QED) is 0.912. The van der Waals surface area contributed by atoms with Gasteiger partial charge >= 0.3 is 6.03 Å². The van der Waals surface area contributed by atoms with Gasteiger partial charge in [-0.2, -0.15) is 5.10 Å². The van der Waals surface area contributed by atoms with E-state index in [4.69, 9.17) is 16.3 Å². The van der Waals surface area contributed by atoms with Crippen LogP contribution in [0.3, 0.4) is 0 Å². The molecule has 2 N–H and O–H groups in total. The smallest absolute Gasteiger partial charge is 0.320 e. The molecule has 1 aliphatic heterocycles. The third-order valence-electron chi connectivity index (χ3n) is 3.42. The molecule has 1 fully saturated rings. The summed E-state index contributed by atoms with van der Waals surface area (Å²) in [5.74, 6) is 0.405. The molecular weight excluding hydrogens is 304 g/mol. The maximum absolute atomic E-state index is 12.0. The van der Waals surface area contributed by atoms with E-state index in [2.05, 4.69) is 20.8 Å². The lowest BCUT2D eigenvalue weighted by molar-refractivity contribution is 0.100. The van der Waals surface area contributed by atoms with E-state index in [1.165, 1.54) is 0 Å². The van der Waals surface area contributed by atoms with Crippen LogP contribution in [0.1, 0.15) is 18.1 Å². The van der Waals surface area contributed by atoms with Gasteiger partial charge in [0.15, 0.2) is 5.82 Å². The van der Waals surface area contributed by atoms with Crippen LogP contribution in [0.2, 0.25) is 5.02 Å². The highest BCUT2D eigenvalue weighted by Crippen LogP contribution is 2.29. The number of carbonyl (C=O) groups excluding carboxylic acids is 1. The third-order valence-corrected chi connectivity index (χ3v) is 3.67. The van der Waals surface area contributed by atoms with Crippen molar-refractivity contribution in [3.8, 4) is 0 Å². The Labute approximate surface area is 132 Å². The van der Waals surface area contributed by atoms with Crippen LogP contribution in [0.4, 0.5) is 10.6 Å². The number of hydrogen-bond donors (Lipinski definition) is 2. The van der Waals surface area contributed by atoms with Crippen LogP contribution < -0.4 is 10.6 Å². The van der Waals surface area contributed by atoms with Crippen LogP contribution >= 0.6 is 11.6 Å². The number of hydrogen-bond acceptors (Lipinski definition) is 4. The van der Waals surface area contributed by atoms with Crippen LogP contribution in [0.15, 0.2) is 42.6 Å². The number of nitrogens with zero attached hydrogens (tertiary/aromatic N) is 2. The molecule has 3 rings (SSSR count). The SMILES string of the molecule is O=C(Nc1cccnn1)N[C@@H]1CCO[C@@H]1c1ccc(Cl)cc1. The third kappa shape index (κ3) is 3.52. The number of amides is 2. The van der Waals surface area contributed by atoms with E-state index < -0.39 is 0 Å².